The fourth-order valence-corrected chi connectivity index (χ4v) is 2.78. The number of carbonyl (C=O) groups excluding carboxylic acids is 2. The van der Waals surface area contributed by atoms with Gasteiger partial charge < -0.3 is 5.32 Å². The van der Waals surface area contributed by atoms with Crippen molar-refractivity contribution >= 4 is 17.5 Å². The average Bonchev–Trinajstić information content (AvgIpc) is 2.48. The molecule has 0 saturated heterocycles. The summed E-state index contributed by atoms with van der Waals surface area (Å²) < 4.78 is 0. The Morgan fingerprint density at radius 3 is 2.90 bits per heavy atom. The minimum absolute atomic E-state index is 0.0489. The Hall–Kier alpha value is -2.17. The second kappa shape index (κ2) is 5.45. The smallest absolute Gasteiger partial charge is 0.267 e. The zero-order chi connectivity index (χ0) is 13.9. The number of rotatable bonds is 2. The summed E-state index contributed by atoms with van der Waals surface area (Å²) in [7, 11) is 0. The quantitative estimate of drug-likeness (QED) is 0.854. The largest absolute Gasteiger partial charge is 0.344 e. The average molecular weight is 271 g/mol. The van der Waals surface area contributed by atoms with Gasteiger partial charge >= 0.3 is 0 Å². The molecule has 1 heterocycles. The number of hydrazone groups is 1. The van der Waals surface area contributed by atoms with Crippen molar-refractivity contribution in [2.24, 2.45) is 5.10 Å². The lowest BCUT2D eigenvalue weighted by Crippen LogP contribution is -2.39. The Bertz CT molecular complexity index is 580. The van der Waals surface area contributed by atoms with E-state index in [0.29, 0.717) is 18.6 Å². The molecule has 1 aromatic rings. The standard InChI is InChI=1S/C15H17N3O2/c19-14-9-8-13(17-18-14)15(20)16-12-7-3-5-10-4-1-2-6-11(10)12/h1-2,4,6,12H,3,5,7-9H2,(H,16,20)(H,18,19)/t12-/m0/s1. The number of hydrogen-bond donors (Lipinski definition) is 2. The number of nitrogens with zero attached hydrogens (tertiary/aromatic N) is 1. The van der Waals surface area contributed by atoms with Crippen molar-refractivity contribution < 1.29 is 9.59 Å². The Morgan fingerprint density at radius 2 is 2.10 bits per heavy atom. The molecule has 104 valence electrons. The summed E-state index contributed by atoms with van der Waals surface area (Å²) in [6.45, 7) is 0. The highest BCUT2D eigenvalue weighted by Crippen LogP contribution is 2.29. The number of nitrogens with one attached hydrogen (secondary N) is 2. The normalized spacial score (nSPS) is 21.5. The van der Waals surface area contributed by atoms with Gasteiger partial charge in [-0.1, -0.05) is 24.3 Å². The summed E-state index contributed by atoms with van der Waals surface area (Å²) in [6, 6.07) is 8.27. The third-order valence-corrected chi connectivity index (χ3v) is 3.84. The molecular weight excluding hydrogens is 254 g/mol. The number of amides is 2. The van der Waals surface area contributed by atoms with E-state index in [4.69, 9.17) is 0 Å². The van der Waals surface area contributed by atoms with E-state index in [2.05, 4.69) is 28.0 Å². The van der Waals surface area contributed by atoms with E-state index < -0.39 is 0 Å². The van der Waals surface area contributed by atoms with Crippen LogP contribution in [-0.2, 0) is 16.0 Å². The maximum absolute atomic E-state index is 12.2. The van der Waals surface area contributed by atoms with Crippen LogP contribution in [0.1, 0.15) is 42.9 Å². The van der Waals surface area contributed by atoms with Crippen LogP contribution in [0.25, 0.3) is 0 Å². The van der Waals surface area contributed by atoms with Gasteiger partial charge in [0.15, 0.2) is 0 Å². The van der Waals surface area contributed by atoms with Gasteiger partial charge in [0.1, 0.15) is 5.71 Å². The zero-order valence-electron chi connectivity index (χ0n) is 11.2. The van der Waals surface area contributed by atoms with Gasteiger partial charge in [0.2, 0.25) is 5.91 Å². The van der Waals surface area contributed by atoms with Gasteiger partial charge in [0, 0.05) is 12.8 Å². The molecule has 0 spiro atoms. The minimum atomic E-state index is -0.174. The molecule has 1 atom stereocenters. The van der Waals surface area contributed by atoms with Crippen LogP contribution < -0.4 is 10.7 Å². The fraction of sp³-hybridized carbons (Fsp3) is 0.400. The molecule has 0 fully saturated rings. The van der Waals surface area contributed by atoms with Crippen molar-refractivity contribution in [2.75, 3.05) is 0 Å². The molecule has 0 bridgehead atoms. The van der Waals surface area contributed by atoms with Crippen LogP contribution in [-0.4, -0.2) is 17.5 Å². The van der Waals surface area contributed by atoms with Crippen molar-refractivity contribution in [1.29, 1.82) is 0 Å². The van der Waals surface area contributed by atoms with Gasteiger partial charge in [-0.25, -0.2) is 5.43 Å². The van der Waals surface area contributed by atoms with Crippen molar-refractivity contribution in [3.63, 3.8) is 0 Å². The van der Waals surface area contributed by atoms with Gasteiger partial charge in [0.05, 0.1) is 6.04 Å². The number of hydrogen-bond acceptors (Lipinski definition) is 3. The maximum Gasteiger partial charge on any atom is 0.267 e. The Labute approximate surface area is 117 Å². The van der Waals surface area contributed by atoms with Crippen molar-refractivity contribution in [1.82, 2.24) is 10.7 Å². The molecule has 1 aliphatic heterocycles. The predicted molar refractivity (Wildman–Crippen MR) is 75.1 cm³/mol. The monoisotopic (exact) mass is 271 g/mol. The second-order valence-corrected chi connectivity index (χ2v) is 5.21. The molecule has 0 unspecified atom stereocenters. The Kier molecular flexibility index (Phi) is 3.50. The topological polar surface area (TPSA) is 70.6 Å². The highest BCUT2D eigenvalue weighted by atomic mass is 16.2. The molecule has 2 aliphatic rings. The molecule has 0 aromatic heterocycles. The van der Waals surface area contributed by atoms with Crippen molar-refractivity contribution in [2.45, 2.75) is 38.1 Å². The molecule has 0 radical (unpaired) electrons. The van der Waals surface area contributed by atoms with Gasteiger partial charge in [0.25, 0.3) is 5.91 Å². The summed E-state index contributed by atoms with van der Waals surface area (Å²) in [6.07, 6.45) is 3.83. The molecule has 0 saturated carbocycles. The van der Waals surface area contributed by atoms with Crippen LogP contribution in [0.4, 0.5) is 0 Å². The van der Waals surface area contributed by atoms with E-state index in [9.17, 15) is 9.59 Å². The van der Waals surface area contributed by atoms with E-state index in [1.807, 2.05) is 12.1 Å². The maximum atomic E-state index is 12.2. The number of benzene rings is 1. The van der Waals surface area contributed by atoms with Crippen LogP contribution in [0.15, 0.2) is 29.4 Å². The van der Waals surface area contributed by atoms with Crippen LogP contribution in [0.2, 0.25) is 0 Å². The van der Waals surface area contributed by atoms with Gasteiger partial charge in [-0.2, -0.15) is 5.10 Å². The van der Waals surface area contributed by atoms with Gasteiger partial charge in [-0.05, 0) is 30.4 Å². The van der Waals surface area contributed by atoms with Crippen LogP contribution in [0, 0.1) is 0 Å². The van der Waals surface area contributed by atoms with Crippen LogP contribution >= 0.6 is 0 Å². The summed E-state index contributed by atoms with van der Waals surface area (Å²) in [5, 5.41) is 6.88. The molecular formula is C15H17N3O2. The molecule has 5 nitrogen and oxygen atoms in total. The molecule has 5 heteroatoms. The minimum Gasteiger partial charge on any atom is -0.344 e. The molecule has 3 rings (SSSR count). The second-order valence-electron chi connectivity index (χ2n) is 5.21. The van der Waals surface area contributed by atoms with Gasteiger partial charge in [-0.3, -0.25) is 9.59 Å². The first-order chi connectivity index (χ1) is 9.74. The third-order valence-electron chi connectivity index (χ3n) is 3.84. The summed E-state index contributed by atoms with van der Waals surface area (Å²) in [5.74, 6) is -0.309. The van der Waals surface area contributed by atoms with Crippen LogP contribution in [0.5, 0.6) is 0 Å². The lowest BCUT2D eigenvalue weighted by Gasteiger charge is -2.26. The van der Waals surface area contributed by atoms with Crippen molar-refractivity contribution in [3.05, 3.63) is 35.4 Å². The molecule has 1 aromatic carbocycles. The predicted octanol–water partition coefficient (Wildman–Crippen LogP) is 1.45. The number of aryl methyl sites for hydroxylation is 1. The summed E-state index contributed by atoms with van der Waals surface area (Å²) >= 11 is 0. The lowest BCUT2D eigenvalue weighted by molar-refractivity contribution is -0.121. The molecule has 2 amide bonds. The Morgan fingerprint density at radius 1 is 1.25 bits per heavy atom. The zero-order valence-corrected chi connectivity index (χ0v) is 11.2. The van der Waals surface area contributed by atoms with E-state index in [-0.39, 0.29) is 17.9 Å². The van der Waals surface area contributed by atoms with E-state index in [1.54, 1.807) is 0 Å². The first-order valence-corrected chi connectivity index (χ1v) is 6.98. The molecule has 2 N–H and O–H groups in total. The SMILES string of the molecule is O=C1CCC(C(=O)N[C@H]2CCCc3ccccc32)=NN1. The van der Waals surface area contributed by atoms with Crippen LogP contribution in [0.3, 0.4) is 0 Å². The van der Waals surface area contributed by atoms with E-state index in [1.165, 1.54) is 11.1 Å². The number of carbonyl (C=O) groups is 2. The van der Waals surface area contributed by atoms with E-state index >= 15 is 0 Å². The van der Waals surface area contributed by atoms with Gasteiger partial charge in [-0.15, -0.1) is 0 Å². The summed E-state index contributed by atoms with van der Waals surface area (Å²) in [4.78, 5) is 23.2. The lowest BCUT2D eigenvalue weighted by atomic mass is 9.87. The fourth-order valence-electron chi connectivity index (χ4n) is 2.78. The number of fused-ring (bicyclic) bond motifs is 1. The summed E-state index contributed by atoms with van der Waals surface area (Å²) in [5.41, 5.74) is 5.28. The highest BCUT2D eigenvalue weighted by molar-refractivity contribution is 6.39. The molecule has 20 heavy (non-hydrogen) atoms. The Balaban J connectivity index is 1.73. The highest BCUT2D eigenvalue weighted by Gasteiger charge is 2.24. The van der Waals surface area contributed by atoms with Crippen molar-refractivity contribution in [3.8, 4) is 0 Å². The van der Waals surface area contributed by atoms with E-state index in [0.717, 1.165) is 19.3 Å². The third kappa shape index (κ3) is 2.57. The molecule has 1 aliphatic carbocycles. The first-order valence-electron chi connectivity index (χ1n) is 6.98. The first kappa shape index (κ1) is 12.8.